The lowest BCUT2D eigenvalue weighted by molar-refractivity contribution is 0.0257. The van der Waals surface area contributed by atoms with Crippen molar-refractivity contribution >= 4 is 29.5 Å². The predicted molar refractivity (Wildman–Crippen MR) is 153 cm³/mol. The van der Waals surface area contributed by atoms with Crippen molar-refractivity contribution < 1.29 is 19.1 Å². The van der Waals surface area contributed by atoms with Crippen LogP contribution in [-0.4, -0.2) is 51.2 Å². The molecule has 2 heterocycles. The van der Waals surface area contributed by atoms with E-state index in [9.17, 15) is 9.59 Å². The summed E-state index contributed by atoms with van der Waals surface area (Å²) in [5.41, 5.74) is 4.68. The maximum absolute atomic E-state index is 12.8. The van der Waals surface area contributed by atoms with Crippen LogP contribution in [0.4, 0.5) is 15.3 Å². The molecule has 0 spiro atoms. The van der Waals surface area contributed by atoms with Crippen LogP contribution < -0.4 is 5.32 Å². The molecule has 0 saturated carbocycles. The van der Waals surface area contributed by atoms with Gasteiger partial charge in [-0.3, -0.25) is 10.00 Å². The van der Waals surface area contributed by atoms with Crippen molar-refractivity contribution in [3.8, 4) is 11.3 Å². The quantitative estimate of drug-likeness (QED) is 0.379. The number of rotatable bonds is 4. The molecule has 1 aliphatic heterocycles. The monoisotopic (exact) mass is 552 g/mol. The van der Waals surface area contributed by atoms with Gasteiger partial charge in [-0.05, 0) is 77.8 Å². The molecule has 1 aromatic heterocycles. The van der Waals surface area contributed by atoms with Gasteiger partial charge in [-0.25, -0.2) is 9.59 Å². The van der Waals surface area contributed by atoms with E-state index in [4.69, 9.17) is 26.2 Å². The van der Waals surface area contributed by atoms with Crippen LogP contribution in [0.25, 0.3) is 11.3 Å². The molecule has 0 radical (unpaired) electrons. The second-order valence-corrected chi connectivity index (χ2v) is 12.2. The van der Waals surface area contributed by atoms with E-state index in [1.54, 1.807) is 4.90 Å². The highest BCUT2D eigenvalue weighted by atomic mass is 35.5. The first kappa shape index (κ1) is 28.5. The van der Waals surface area contributed by atoms with Gasteiger partial charge in [-0.2, -0.15) is 5.10 Å². The lowest BCUT2D eigenvalue weighted by atomic mass is 10.0. The van der Waals surface area contributed by atoms with Crippen molar-refractivity contribution in [1.29, 1.82) is 0 Å². The van der Waals surface area contributed by atoms with Crippen LogP contribution in [0.5, 0.6) is 0 Å². The Balaban J connectivity index is 1.57. The van der Waals surface area contributed by atoms with E-state index in [1.165, 1.54) is 0 Å². The largest absolute Gasteiger partial charge is 0.444 e. The van der Waals surface area contributed by atoms with Crippen LogP contribution in [0.2, 0.25) is 5.02 Å². The molecular formula is C30H37ClN4O4. The molecule has 0 unspecified atom stereocenters. The number of hydrogen-bond acceptors (Lipinski definition) is 5. The van der Waals surface area contributed by atoms with Crippen molar-refractivity contribution in [1.82, 2.24) is 14.7 Å². The minimum atomic E-state index is -0.567. The average molecular weight is 553 g/mol. The second-order valence-electron chi connectivity index (χ2n) is 11.7. The molecule has 1 aliphatic rings. The number of carbonyl (C=O) groups excluding carboxylic acids is 2. The summed E-state index contributed by atoms with van der Waals surface area (Å²) in [6, 6.07) is 15.3. The van der Waals surface area contributed by atoms with Crippen LogP contribution >= 0.6 is 11.6 Å². The Kier molecular flexibility index (Phi) is 8.25. The zero-order valence-corrected chi connectivity index (χ0v) is 24.3. The summed E-state index contributed by atoms with van der Waals surface area (Å²) in [6.45, 7) is 12.8. The van der Waals surface area contributed by atoms with Crippen molar-refractivity contribution in [2.75, 3.05) is 18.4 Å². The summed E-state index contributed by atoms with van der Waals surface area (Å²) in [7, 11) is 0. The topological polar surface area (TPSA) is 85.7 Å². The van der Waals surface area contributed by atoms with Crippen molar-refractivity contribution in [2.45, 2.75) is 72.1 Å². The molecule has 1 N–H and O–H groups in total. The van der Waals surface area contributed by atoms with Crippen LogP contribution in [0.15, 0.2) is 48.5 Å². The molecular weight excluding hydrogens is 516 g/mol. The van der Waals surface area contributed by atoms with Gasteiger partial charge >= 0.3 is 12.2 Å². The fourth-order valence-electron chi connectivity index (χ4n) is 4.44. The molecule has 0 fully saturated rings. The number of ether oxygens (including phenoxy) is 2. The number of nitrogens with one attached hydrogen (secondary N) is 1. The molecule has 9 heteroatoms. The third-order valence-electron chi connectivity index (χ3n) is 6.12. The smallest absolute Gasteiger partial charge is 0.412 e. The summed E-state index contributed by atoms with van der Waals surface area (Å²) in [5.74, 6) is 0. The summed E-state index contributed by atoms with van der Waals surface area (Å²) >= 11 is 6.15. The first-order valence-electron chi connectivity index (χ1n) is 13.2. The third-order valence-corrected chi connectivity index (χ3v) is 6.37. The number of benzene rings is 2. The van der Waals surface area contributed by atoms with Gasteiger partial charge < -0.3 is 14.4 Å². The lowest BCUT2D eigenvalue weighted by Gasteiger charge is -2.26. The Morgan fingerprint density at radius 3 is 2.13 bits per heavy atom. The number of hydrogen-bond donors (Lipinski definition) is 1. The Morgan fingerprint density at radius 2 is 1.51 bits per heavy atom. The van der Waals surface area contributed by atoms with Crippen molar-refractivity contribution in [3.05, 3.63) is 70.4 Å². The van der Waals surface area contributed by atoms with Gasteiger partial charge in [0, 0.05) is 47.0 Å². The van der Waals surface area contributed by atoms with Gasteiger partial charge in [0.15, 0.2) is 0 Å². The van der Waals surface area contributed by atoms with E-state index in [1.807, 2.05) is 94.8 Å². The number of halogens is 1. The number of carbonyl (C=O) groups is 2. The Labute approximate surface area is 235 Å². The highest BCUT2D eigenvalue weighted by Gasteiger charge is 2.28. The SMILES string of the molecule is CC(C)(C)OC(=O)Nc1ccc(Cn2nc(-c3ccc(Cl)cc3)c3c2CCN(C(=O)OC(C)(C)C)CC3)cc1. The second kappa shape index (κ2) is 11.3. The number of amides is 2. The summed E-state index contributed by atoms with van der Waals surface area (Å²) < 4.78 is 13.0. The molecule has 2 aromatic carbocycles. The fourth-order valence-corrected chi connectivity index (χ4v) is 4.57. The standard InChI is InChI=1S/C30H37ClN4O4/c1-29(2,3)38-27(36)32-23-13-7-20(8-14-23)19-35-25-16-18-34(28(37)39-30(4,5)6)17-15-24(25)26(33-35)21-9-11-22(31)12-10-21/h7-14H,15-19H2,1-6H3,(H,32,36). The van der Waals surface area contributed by atoms with Crippen LogP contribution in [0, 0.1) is 0 Å². The minimum absolute atomic E-state index is 0.298. The Hall–Kier alpha value is -3.52. The molecule has 0 saturated heterocycles. The van der Waals surface area contributed by atoms with Gasteiger partial charge in [0.2, 0.25) is 0 Å². The molecule has 0 bridgehead atoms. The maximum Gasteiger partial charge on any atom is 0.412 e. The highest BCUT2D eigenvalue weighted by Crippen LogP contribution is 2.30. The molecule has 4 rings (SSSR count). The van der Waals surface area contributed by atoms with Crippen LogP contribution in [-0.2, 0) is 28.9 Å². The van der Waals surface area contributed by atoms with Crippen LogP contribution in [0.1, 0.15) is 58.4 Å². The van der Waals surface area contributed by atoms with Crippen LogP contribution in [0.3, 0.4) is 0 Å². The highest BCUT2D eigenvalue weighted by molar-refractivity contribution is 6.30. The number of aromatic nitrogens is 2. The summed E-state index contributed by atoms with van der Waals surface area (Å²) in [6.07, 6.45) is 0.543. The van der Waals surface area contributed by atoms with E-state index in [-0.39, 0.29) is 6.09 Å². The summed E-state index contributed by atoms with van der Waals surface area (Å²) in [5, 5.41) is 8.45. The molecule has 3 aromatic rings. The molecule has 0 aliphatic carbocycles. The summed E-state index contributed by atoms with van der Waals surface area (Å²) in [4.78, 5) is 26.7. The van der Waals surface area contributed by atoms with Gasteiger partial charge in [-0.15, -0.1) is 0 Å². The Bertz CT molecular complexity index is 1320. The average Bonchev–Trinajstić information content (AvgIpc) is 3.00. The van der Waals surface area contributed by atoms with Gasteiger partial charge in [0.1, 0.15) is 11.2 Å². The van der Waals surface area contributed by atoms with E-state index in [0.717, 1.165) is 28.1 Å². The molecule has 208 valence electrons. The van der Waals surface area contributed by atoms with Gasteiger partial charge in [0.25, 0.3) is 0 Å². The first-order chi connectivity index (χ1) is 18.3. The zero-order chi connectivity index (χ0) is 28.4. The minimum Gasteiger partial charge on any atom is -0.444 e. The third kappa shape index (κ3) is 7.76. The maximum atomic E-state index is 12.8. The van der Waals surface area contributed by atoms with Crippen molar-refractivity contribution in [3.63, 3.8) is 0 Å². The first-order valence-corrected chi connectivity index (χ1v) is 13.6. The number of nitrogens with zero attached hydrogens (tertiary/aromatic N) is 3. The molecule has 2 amide bonds. The van der Waals surface area contributed by atoms with E-state index >= 15 is 0 Å². The lowest BCUT2D eigenvalue weighted by Crippen LogP contribution is -2.38. The Morgan fingerprint density at radius 1 is 0.897 bits per heavy atom. The predicted octanol–water partition coefficient (Wildman–Crippen LogP) is 6.93. The van der Waals surface area contributed by atoms with E-state index in [2.05, 4.69) is 5.32 Å². The fraction of sp³-hybridized carbons (Fsp3) is 0.433. The van der Waals surface area contributed by atoms with Gasteiger partial charge in [-0.1, -0.05) is 35.9 Å². The van der Waals surface area contributed by atoms with E-state index in [0.29, 0.717) is 43.2 Å². The molecule has 8 nitrogen and oxygen atoms in total. The van der Waals surface area contributed by atoms with E-state index < -0.39 is 17.3 Å². The molecule has 39 heavy (non-hydrogen) atoms. The number of anilines is 1. The number of fused-ring (bicyclic) bond motifs is 1. The zero-order valence-electron chi connectivity index (χ0n) is 23.5. The normalized spacial score (nSPS) is 13.9. The van der Waals surface area contributed by atoms with Gasteiger partial charge in [0.05, 0.1) is 12.2 Å². The molecule has 0 atom stereocenters. The van der Waals surface area contributed by atoms with Crippen molar-refractivity contribution in [2.24, 2.45) is 0 Å².